The number of anilines is 1. The van der Waals surface area contributed by atoms with Gasteiger partial charge in [0.25, 0.3) is 0 Å². The Morgan fingerprint density at radius 3 is 2.88 bits per heavy atom. The van der Waals surface area contributed by atoms with Crippen LogP contribution < -0.4 is 4.90 Å². The fourth-order valence-electron chi connectivity index (χ4n) is 3.09. The lowest BCUT2D eigenvalue weighted by atomic mass is 10.0. The van der Waals surface area contributed by atoms with Gasteiger partial charge in [0.05, 0.1) is 23.8 Å². The second kappa shape index (κ2) is 7.51. The van der Waals surface area contributed by atoms with Gasteiger partial charge < -0.3 is 14.1 Å². The first kappa shape index (κ1) is 17.8. The molecule has 0 bridgehead atoms. The van der Waals surface area contributed by atoms with Crippen molar-refractivity contribution in [3.63, 3.8) is 0 Å². The average Bonchev–Trinajstić information content (AvgIpc) is 3.16. The highest BCUT2D eigenvalue weighted by atomic mass is 16.6. The van der Waals surface area contributed by atoms with E-state index < -0.39 is 16.9 Å². The second-order valence-electron chi connectivity index (χ2n) is 6.04. The van der Waals surface area contributed by atoms with Crippen molar-refractivity contribution in [3.05, 3.63) is 34.3 Å². The summed E-state index contributed by atoms with van der Waals surface area (Å²) in [6.07, 6.45) is 6.01. The van der Waals surface area contributed by atoms with Crippen LogP contribution in [-0.2, 0) is 16.0 Å². The van der Waals surface area contributed by atoms with Gasteiger partial charge >= 0.3 is 11.7 Å². The monoisotopic (exact) mass is 360 g/mol. The topological polar surface area (TPSA) is 112 Å². The zero-order valence-corrected chi connectivity index (χ0v) is 14.7. The number of hydrogen-bond donors (Lipinski definition) is 0. The molecule has 9 heteroatoms. The van der Waals surface area contributed by atoms with E-state index in [0.29, 0.717) is 30.7 Å². The van der Waals surface area contributed by atoms with Gasteiger partial charge in [-0.05, 0) is 19.3 Å². The molecule has 0 aromatic carbocycles. The summed E-state index contributed by atoms with van der Waals surface area (Å²) in [6.45, 7) is 2.43. The highest BCUT2D eigenvalue weighted by Crippen LogP contribution is 2.34. The van der Waals surface area contributed by atoms with Gasteiger partial charge in [0.1, 0.15) is 11.8 Å². The molecule has 1 aliphatic rings. The number of rotatable bonds is 5. The molecule has 2 aromatic heterocycles. The van der Waals surface area contributed by atoms with E-state index in [-0.39, 0.29) is 17.4 Å². The molecule has 138 valence electrons. The molecule has 3 heterocycles. The summed E-state index contributed by atoms with van der Waals surface area (Å²) in [5, 5.41) is 11.6. The molecule has 2 aromatic rings. The summed E-state index contributed by atoms with van der Waals surface area (Å²) in [5.74, 6) is 0.724. The lowest BCUT2D eigenvalue weighted by molar-refractivity contribution is -0.384. The number of pyridine rings is 1. The van der Waals surface area contributed by atoms with Crippen LogP contribution in [0.5, 0.6) is 0 Å². The van der Waals surface area contributed by atoms with E-state index in [0.717, 1.165) is 12.8 Å². The number of methoxy groups -OCH3 is 1. The molecule has 1 fully saturated rings. The van der Waals surface area contributed by atoms with Crippen LogP contribution in [0.25, 0.3) is 11.5 Å². The number of oxazole rings is 1. The fourth-order valence-corrected chi connectivity index (χ4v) is 3.09. The Morgan fingerprint density at radius 1 is 1.42 bits per heavy atom. The number of nitrogens with zero attached hydrogens (tertiary/aromatic N) is 4. The van der Waals surface area contributed by atoms with Crippen molar-refractivity contribution in [1.82, 2.24) is 9.97 Å². The smallest absolute Gasteiger partial charge is 0.328 e. The van der Waals surface area contributed by atoms with Crippen LogP contribution in [0.3, 0.4) is 0 Å². The van der Waals surface area contributed by atoms with Gasteiger partial charge in [0, 0.05) is 25.2 Å². The van der Waals surface area contributed by atoms with Gasteiger partial charge in [-0.25, -0.2) is 14.8 Å². The van der Waals surface area contributed by atoms with Crippen molar-refractivity contribution in [2.45, 2.75) is 38.6 Å². The Bertz CT molecular complexity index is 819. The molecule has 26 heavy (non-hydrogen) atoms. The summed E-state index contributed by atoms with van der Waals surface area (Å²) in [6, 6.07) is 0.815. The number of carbonyl (C=O) groups excluding carboxylic acids is 1. The van der Waals surface area contributed by atoms with E-state index >= 15 is 0 Å². The largest absolute Gasteiger partial charge is 0.467 e. The first-order valence-electron chi connectivity index (χ1n) is 8.49. The van der Waals surface area contributed by atoms with Gasteiger partial charge in [-0.1, -0.05) is 6.92 Å². The van der Waals surface area contributed by atoms with Crippen molar-refractivity contribution < 1.29 is 18.9 Å². The molecule has 0 spiro atoms. The molecule has 3 rings (SSSR count). The van der Waals surface area contributed by atoms with Gasteiger partial charge in [-0.2, -0.15) is 0 Å². The van der Waals surface area contributed by atoms with E-state index in [1.54, 1.807) is 11.1 Å². The SMILES string of the molecule is CCc1cnc(-c2cnc(N3CCCCC3C(=O)OC)c([N+](=O)[O-])c2)o1. The van der Waals surface area contributed by atoms with Crippen molar-refractivity contribution >= 4 is 17.5 Å². The van der Waals surface area contributed by atoms with Crippen LogP contribution in [-0.4, -0.2) is 40.6 Å². The predicted octanol–water partition coefficient (Wildman–Crippen LogP) is 2.74. The lowest BCUT2D eigenvalue weighted by Crippen LogP contribution is -2.46. The Morgan fingerprint density at radius 2 is 2.23 bits per heavy atom. The summed E-state index contributed by atoms with van der Waals surface area (Å²) in [5.41, 5.74) is 0.237. The van der Waals surface area contributed by atoms with Crippen molar-refractivity contribution in [3.8, 4) is 11.5 Å². The van der Waals surface area contributed by atoms with E-state index in [1.807, 2.05) is 6.92 Å². The first-order valence-corrected chi connectivity index (χ1v) is 8.49. The molecule has 1 aliphatic heterocycles. The van der Waals surface area contributed by atoms with E-state index in [2.05, 4.69) is 9.97 Å². The van der Waals surface area contributed by atoms with Crippen molar-refractivity contribution in [1.29, 1.82) is 0 Å². The second-order valence-corrected chi connectivity index (χ2v) is 6.04. The predicted molar refractivity (Wildman–Crippen MR) is 92.8 cm³/mol. The molecule has 1 saturated heterocycles. The van der Waals surface area contributed by atoms with Gasteiger partial charge in [0.2, 0.25) is 11.7 Å². The molecular formula is C17H20N4O5. The molecule has 0 saturated carbocycles. The number of aryl methyl sites for hydroxylation is 1. The van der Waals surface area contributed by atoms with Gasteiger partial charge in [-0.15, -0.1) is 0 Å². The standard InChI is InChI=1S/C17H20N4O5/c1-3-12-10-19-16(26-12)11-8-14(21(23)24)15(18-9-11)20-7-5-4-6-13(20)17(22)25-2/h8-10,13H,3-7H2,1-2H3. The highest BCUT2D eigenvalue weighted by Gasteiger charge is 2.34. The zero-order valence-electron chi connectivity index (χ0n) is 14.7. The van der Waals surface area contributed by atoms with Crippen LogP contribution in [0.4, 0.5) is 11.5 Å². The van der Waals surface area contributed by atoms with Crippen LogP contribution in [0.1, 0.15) is 31.9 Å². The van der Waals surface area contributed by atoms with Crippen molar-refractivity contribution in [2.24, 2.45) is 0 Å². The molecule has 1 unspecified atom stereocenters. The van der Waals surface area contributed by atoms with Gasteiger partial charge in [-0.3, -0.25) is 10.1 Å². The maximum atomic E-state index is 12.1. The Kier molecular flexibility index (Phi) is 5.15. The minimum Gasteiger partial charge on any atom is -0.467 e. The zero-order chi connectivity index (χ0) is 18.7. The average molecular weight is 360 g/mol. The maximum absolute atomic E-state index is 12.1. The summed E-state index contributed by atoms with van der Waals surface area (Å²) >= 11 is 0. The van der Waals surface area contributed by atoms with E-state index in [9.17, 15) is 14.9 Å². The summed E-state index contributed by atoms with van der Waals surface area (Å²) in [4.78, 5) is 33.3. The van der Waals surface area contributed by atoms with Crippen LogP contribution in [0, 0.1) is 10.1 Å². The Balaban J connectivity index is 2.01. The minimum absolute atomic E-state index is 0.163. The Labute approximate surface area is 150 Å². The minimum atomic E-state index is -0.570. The van der Waals surface area contributed by atoms with Crippen molar-refractivity contribution in [2.75, 3.05) is 18.6 Å². The molecule has 1 atom stereocenters. The number of ether oxygens (including phenoxy) is 1. The first-order chi connectivity index (χ1) is 12.5. The van der Waals surface area contributed by atoms with Gasteiger partial charge in [0.15, 0.2) is 0 Å². The van der Waals surface area contributed by atoms with E-state index in [4.69, 9.17) is 9.15 Å². The molecular weight excluding hydrogens is 340 g/mol. The molecule has 0 radical (unpaired) electrons. The number of nitro groups is 1. The third kappa shape index (κ3) is 3.37. The molecule has 0 N–H and O–H groups in total. The van der Waals surface area contributed by atoms with Crippen LogP contribution in [0.2, 0.25) is 0 Å². The molecule has 0 aliphatic carbocycles. The third-order valence-corrected chi connectivity index (χ3v) is 4.44. The van der Waals surface area contributed by atoms with Crippen LogP contribution in [0.15, 0.2) is 22.9 Å². The number of piperidine rings is 1. The van der Waals surface area contributed by atoms with Crippen LogP contribution >= 0.6 is 0 Å². The number of aromatic nitrogens is 2. The number of esters is 1. The summed E-state index contributed by atoms with van der Waals surface area (Å²) < 4.78 is 10.4. The maximum Gasteiger partial charge on any atom is 0.328 e. The Hall–Kier alpha value is -2.97. The summed E-state index contributed by atoms with van der Waals surface area (Å²) in [7, 11) is 1.31. The quantitative estimate of drug-likeness (QED) is 0.454. The fraction of sp³-hybridized carbons (Fsp3) is 0.471. The number of hydrogen-bond acceptors (Lipinski definition) is 8. The molecule has 0 amide bonds. The van der Waals surface area contributed by atoms with E-state index in [1.165, 1.54) is 19.4 Å². The number of carbonyl (C=O) groups is 1. The lowest BCUT2D eigenvalue weighted by Gasteiger charge is -2.34. The highest BCUT2D eigenvalue weighted by molar-refractivity contribution is 5.81. The normalized spacial score (nSPS) is 17.2. The molecule has 9 nitrogen and oxygen atoms in total. The third-order valence-electron chi connectivity index (χ3n) is 4.44.